The summed E-state index contributed by atoms with van der Waals surface area (Å²) in [5.41, 5.74) is 0.759. The first-order valence-electron chi connectivity index (χ1n) is 7.62. The van der Waals surface area contributed by atoms with E-state index < -0.39 is 4.92 Å². The molecule has 7 nitrogen and oxygen atoms in total. The van der Waals surface area contributed by atoms with Crippen LogP contribution in [0, 0.1) is 10.1 Å². The van der Waals surface area contributed by atoms with Crippen LogP contribution >= 0.6 is 34.3 Å². The third-order valence-electron chi connectivity index (χ3n) is 3.57. The zero-order chi connectivity index (χ0) is 18.8. The summed E-state index contributed by atoms with van der Waals surface area (Å²) in [5, 5.41) is 12.0. The van der Waals surface area contributed by atoms with E-state index in [0.29, 0.717) is 28.1 Å². The van der Waals surface area contributed by atoms with E-state index in [1.807, 2.05) is 31.1 Å². The van der Waals surface area contributed by atoms with E-state index in [4.69, 9.17) is 11.6 Å². The molecule has 3 aromatic rings. The number of rotatable bonds is 6. The first-order chi connectivity index (χ1) is 12.3. The number of carbonyl (C=O) groups is 1. The normalized spacial score (nSPS) is 11.2. The number of halogens is 1. The van der Waals surface area contributed by atoms with Gasteiger partial charge in [-0.05, 0) is 38.4 Å². The summed E-state index contributed by atoms with van der Waals surface area (Å²) in [5.74, 6) is -0.296. The number of amides is 1. The molecule has 2 heterocycles. The lowest BCUT2D eigenvalue weighted by atomic mass is 10.3. The summed E-state index contributed by atoms with van der Waals surface area (Å²) in [7, 11) is 3.83. The van der Waals surface area contributed by atoms with Gasteiger partial charge in [-0.15, -0.1) is 0 Å². The van der Waals surface area contributed by atoms with Gasteiger partial charge in [-0.25, -0.2) is 4.98 Å². The Labute approximate surface area is 162 Å². The Morgan fingerprint density at radius 1 is 1.23 bits per heavy atom. The Kier molecular flexibility index (Phi) is 5.52. The number of likely N-dealkylation sites (N-methyl/N-ethyl adjacent to an activating group) is 1. The second-order valence-corrected chi connectivity index (χ2v) is 8.27. The van der Waals surface area contributed by atoms with Crippen LogP contribution in [-0.2, 0) is 0 Å². The molecule has 1 amide bonds. The van der Waals surface area contributed by atoms with E-state index in [9.17, 15) is 14.9 Å². The molecule has 3 rings (SSSR count). The van der Waals surface area contributed by atoms with Crippen LogP contribution in [0.2, 0.25) is 5.02 Å². The number of hydrogen-bond donors (Lipinski definition) is 0. The molecule has 0 bridgehead atoms. The summed E-state index contributed by atoms with van der Waals surface area (Å²) in [6.07, 6.45) is 0. The largest absolute Gasteiger partial charge is 0.324 e. The van der Waals surface area contributed by atoms with Crippen molar-refractivity contribution in [3.05, 3.63) is 50.3 Å². The van der Waals surface area contributed by atoms with Crippen LogP contribution in [0.4, 0.5) is 10.1 Å². The van der Waals surface area contributed by atoms with Gasteiger partial charge in [-0.3, -0.25) is 19.8 Å². The molecule has 0 saturated carbocycles. The summed E-state index contributed by atoms with van der Waals surface area (Å²) in [6.45, 7) is 1.06. The molecule has 0 radical (unpaired) electrons. The maximum atomic E-state index is 13.0. The molecule has 0 atom stereocenters. The predicted molar refractivity (Wildman–Crippen MR) is 106 cm³/mol. The molecule has 26 heavy (non-hydrogen) atoms. The van der Waals surface area contributed by atoms with Crippen LogP contribution < -0.4 is 4.90 Å². The van der Waals surface area contributed by atoms with Gasteiger partial charge < -0.3 is 4.90 Å². The van der Waals surface area contributed by atoms with Crippen LogP contribution in [0.25, 0.3) is 10.2 Å². The molecule has 0 N–H and O–H groups in total. The number of thiophene rings is 1. The molecule has 0 unspecified atom stereocenters. The summed E-state index contributed by atoms with van der Waals surface area (Å²) < 4.78 is 0.882. The van der Waals surface area contributed by atoms with Gasteiger partial charge in [-0.1, -0.05) is 34.3 Å². The number of aromatic nitrogens is 1. The topological polar surface area (TPSA) is 79.6 Å². The number of nitrogens with zero attached hydrogens (tertiary/aromatic N) is 4. The van der Waals surface area contributed by atoms with Crippen molar-refractivity contribution >= 4 is 60.5 Å². The fourth-order valence-electron chi connectivity index (χ4n) is 2.26. The smallest absolute Gasteiger partial charge is 0.308 e. The summed E-state index contributed by atoms with van der Waals surface area (Å²) >= 11 is 8.27. The van der Waals surface area contributed by atoms with Crippen molar-refractivity contribution in [3.63, 3.8) is 0 Å². The van der Waals surface area contributed by atoms with Crippen molar-refractivity contribution in [1.29, 1.82) is 0 Å². The monoisotopic (exact) mass is 410 g/mol. The van der Waals surface area contributed by atoms with Crippen LogP contribution in [0.3, 0.4) is 0 Å². The highest BCUT2D eigenvalue weighted by molar-refractivity contribution is 7.22. The molecule has 2 aromatic heterocycles. The maximum absolute atomic E-state index is 13.0. The highest BCUT2D eigenvalue weighted by atomic mass is 35.5. The van der Waals surface area contributed by atoms with Gasteiger partial charge in [0.05, 0.1) is 20.0 Å². The number of carbonyl (C=O) groups excluding carboxylic acids is 1. The van der Waals surface area contributed by atoms with E-state index in [1.165, 1.54) is 23.5 Å². The van der Waals surface area contributed by atoms with Crippen molar-refractivity contribution < 1.29 is 9.72 Å². The molecule has 0 aliphatic heterocycles. The number of nitro groups is 1. The molecule has 0 aliphatic rings. The summed E-state index contributed by atoms with van der Waals surface area (Å²) in [6, 6.07) is 8.20. The first-order valence-corrected chi connectivity index (χ1v) is 9.63. The average Bonchev–Trinajstić information content (AvgIpc) is 3.20. The van der Waals surface area contributed by atoms with Crippen molar-refractivity contribution in [1.82, 2.24) is 9.88 Å². The van der Waals surface area contributed by atoms with Crippen LogP contribution in [-0.4, -0.2) is 47.9 Å². The van der Waals surface area contributed by atoms with Gasteiger partial charge in [-0.2, -0.15) is 0 Å². The fourth-order valence-corrected chi connectivity index (χ4v) is 4.30. The minimum atomic E-state index is -0.495. The van der Waals surface area contributed by atoms with Crippen molar-refractivity contribution in [2.45, 2.75) is 0 Å². The SMILES string of the molecule is CN(C)CCN(C(=O)c1ccc([N+](=O)[O-])s1)c1nc2ccc(Cl)cc2s1. The summed E-state index contributed by atoms with van der Waals surface area (Å²) in [4.78, 5) is 31.8. The second kappa shape index (κ2) is 7.67. The van der Waals surface area contributed by atoms with Crippen molar-refractivity contribution in [2.24, 2.45) is 0 Å². The highest BCUT2D eigenvalue weighted by Crippen LogP contribution is 2.33. The number of benzene rings is 1. The standard InChI is InChI=1S/C16H15ClN4O3S2/c1-19(2)7-8-20(15(22)12-5-6-14(25-12)21(23)24)16-18-11-4-3-10(17)9-13(11)26-16/h3-6,9H,7-8H2,1-2H3. The van der Waals surface area contributed by atoms with Gasteiger partial charge in [0.15, 0.2) is 5.13 Å². The fraction of sp³-hybridized carbons (Fsp3) is 0.250. The van der Waals surface area contributed by atoms with Gasteiger partial charge in [0.2, 0.25) is 0 Å². The van der Waals surface area contributed by atoms with Crippen molar-refractivity contribution in [3.8, 4) is 0 Å². The third-order valence-corrected chi connectivity index (χ3v) is 5.87. The zero-order valence-electron chi connectivity index (χ0n) is 14.0. The maximum Gasteiger partial charge on any atom is 0.324 e. The Morgan fingerprint density at radius 2 is 2.00 bits per heavy atom. The molecular formula is C16H15ClN4O3S2. The Bertz CT molecular complexity index is 969. The zero-order valence-corrected chi connectivity index (χ0v) is 16.4. The number of fused-ring (bicyclic) bond motifs is 1. The minimum absolute atomic E-state index is 0.0583. The molecule has 10 heteroatoms. The molecule has 0 fully saturated rings. The quantitative estimate of drug-likeness (QED) is 0.451. The lowest BCUT2D eigenvalue weighted by Gasteiger charge is -2.21. The van der Waals surface area contributed by atoms with Gasteiger partial charge in [0.1, 0.15) is 0 Å². The second-order valence-electron chi connectivity index (χ2n) is 5.76. The van der Waals surface area contributed by atoms with Crippen molar-refractivity contribution in [2.75, 3.05) is 32.1 Å². The van der Waals surface area contributed by atoms with Gasteiger partial charge >= 0.3 is 5.00 Å². The minimum Gasteiger partial charge on any atom is -0.308 e. The highest BCUT2D eigenvalue weighted by Gasteiger charge is 2.24. The van der Waals surface area contributed by atoms with E-state index in [-0.39, 0.29) is 10.9 Å². The molecule has 0 saturated heterocycles. The number of thiazole rings is 1. The van der Waals surface area contributed by atoms with Crippen LogP contribution in [0.15, 0.2) is 30.3 Å². The molecule has 1 aromatic carbocycles. The van der Waals surface area contributed by atoms with E-state index in [2.05, 4.69) is 4.98 Å². The van der Waals surface area contributed by atoms with E-state index >= 15 is 0 Å². The Hall–Kier alpha value is -2.07. The number of hydrogen-bond acceptors (Lipinski definition) is 7. The van der Waals surface area contributed by atoms with Gasteiger partial charge in [0, 0.05) is 24.2 Å². The van der Waals surface area contributed by atoms with Gasteiger partial charge in [0.25, 0.3) is 5.91 Å². The molecule has 136 valence electrons. The predicted octanol–water partition coefficient (Wildman–Crippen LogP) is 4.13. The van der Waals surface area contributed by atoms with Crippen LogP contribution in [0.5, 0.6) is 0 Å². The van der Waals surface area contributed by atoms with E-state index in [0.717, 1.165) is 21.6 Å². The lowest BCUT2D eigenvalue weighted by molar-refractivity contribution is -0.380. The number of anilines is 1. The average molecular weight is 411 g/mol. The molecule has 0 spiro atoms. The Morgan fingerprint density at radius 3 is 2.65 bits per heavy atom. The van der Waals surface area contributed by atoms with E-state index in [1.54, 1.807) is 11.0 Å². The third kappa shape index (κ3) is 4.01. The Balaban J connectivity index is 1.97. The molecule has 0 aliphatic carbocycles. The first kappa shape index (κ1) is 18.7. The van der Waals surface area contributed by atoms with Crippen LogP contribution in [0.1, 0.15) is 9.67 Å². The lowest BCUT2D eigenvalue weighted by Crippen LogP contribution is -2.36. The molecular weight excluding hydrogens is 396 g/mol.